The van der Waals surface area contributed by atoms with Crippen molar-refractivity contribution in [2.75, 3.05) is 25.5 Å². The molecule has 0 saturated heterocycles. The van der Waals surface area contributed by atoms with Crippen LogP contribution in [0.2, 0.25) is 0 Å². The number of ether oxygens (including phenoxy) is 1. The van der Waals surface area contributed by atoms with Gasteiger partial charge in [-0.15, -0.1) is 11.3 Å². The molecule has 0 aliphatic heterocycles. The molecular formula is C22H28N2O3S. The molecule has 0 fully saturated rings. The summed E-state index contributed by atoms with van der Waals surface area (Å²) < 4.78 is 5.28. The van der Waals surface area contributed by atoms with Crippen molar-refractivity contribution in [3.8, 4) is 5.75 Å². The van der Waals surface area contributed by atoms with Crippen LogP contribution in [0.25, 0.3) is 0 Å². The minimum atomic E-state index is -0.221. The molecule has 1 aromatic heterocycles. The zero-order valence-corrected chi connectivity index (χ0v) is 17.6. The van der Waals surface area contributed by atoms with Gasteiger partial charge in [0, 0.05) is 11.4 Å². The number of carbonyl (C=O) groups excluding carboxylic acids is 2. The fourth-order valence-corrected chi connectivity index (χ4v) is 4.78. The van der Waals surface area contributed by atoms with Gasteiger partial charge in [0.25, 0.3) is 5.91 Å². The first-order valence-electron chi connectivity index (χ1n) is 9.85. The highest BCUT2D eigenvalue weighted by Crippen LogP contribution is 2.32. The summed E-state index contributed by atoms with van der Waals surface area (Å²) in [5.74, 6) is 0.998. The van der Waals surface area contributed by atoms with E-state index in [1.807, 2.05) is 25.1 Å². The standard InChI is InChI=1S/C22H28N2O3S/c1-4-11-24(14-21(25)23-17-7-5-6-8-18(17)27-3)22(26)20-13-16-12-15(2)9-10-19(16)28-20/h5-8,13,15H,4,9-12,14H2,1-3H3,(H,23,25). The minimum absolute atomic E-state index is 0.0314. The van der Waals surface area contributed by atoms with E-state index in [-0.39, 0.29) is 18.4 Å². The number of carbonyl (C=O) groups is 2. The lowest BCUT2D eigenvalue weighted by atomic mass is 9.90. The normalized spacial score (nSPS) is 15.6. The van der Waals surface area contributed by atoms with Gasteiger partial charge in [-0.05, 0) is 55.4 Å². The first kappa shape index (κ1) is 20.4. The van der Waals surface area contributed by atoms with Crippen LogP contribution in [0.15, 0.2) is 30.3 Å². The van der Waals surface area contributed by atoms with E-state index in [0.29, 0.717) is 23.9 Å². The second kappa shape index (κ2) is 9.24. The van der Waals surface area contributed by atoms with E-state index in [2.05, 4.69) is 12.2 Å². The van der Waals surface area contributed by atoms with E-state index in [0.717, 1.165) is 24.1 Å². The molecule has 3 rings (SSSR count). The molecule has 1 heterocycles. The van der Waals surface area contributed by atoms with Gasteiger partial charge in [-0.1, -0.05) is 26.0 Å². The number of fused-ring (bicyclic) bond motifs is 1. The quantitative estimate of drug-likeness (QED) is 0.751. The maximum absolute atomic E-state index is 13.1. The predicted octanol–water partition coefficient (Wildman–Crippen LogP) is 4.37. The molecule has 0 radical (unpaired) electrons. The number of nitrogens with one attached hydrogen (secondary N) is 1. The average Bonchev–Trinajstić information content (AvgIpc) is 3.10. The molecule has 28 heavy (non-hydrogen) atoms. The Morgan fingerprint density at radius 2 is 2.11 bits per heavy atom. The van der Waals surface area contributed by atoms with Gasteiger partial charge in [0.1, 0.15) is 12.3 Å². The molecule has 0 bridgehead atoms. The van der Waals surface area contributed by atoms with Crippen LogP contribution in [-0.4, -0.2) is 36.9 Å². The Kier molecular flexibility index (Phi) is 6.73. The highest BCUT2D eigenvalue weighted by atomic mass is 32.1. The Bertz CT molecular complexity index is 846. The summed E-state index contributed by atoms with van der Waals surface area (Å²) in [6.45, 7) is 4.86. The second-order valence-electron chi connectivity index (χ2n) is 7.38. The lowest BCUT2D eigenvalue weighted by molar-refractivity contribution is -0.116. The van der Waals surface area contributed by atoms with Crippen LogP contribution >= 0.6 is 11.3 Å². The molecule has 6 heteroatoms. The fourth-order valence-electron chi connectivity index (χ4n) is 3.60. The lowest BCUT2D eigenvalue weighted by Gasteiger charge is -2.21. The number of aryl methyl sites for hydroxylation is 1. The van der Waals surface area contributed by atoms with E-state index in [9.17, 15) is 9.59 Å². The lowest BCUT2D eigenvalue weighted by Crippen LogP contribution is -2.38. The summed E-state index contributed by atoms with van der Waals surface area (Å²) >= 11 is 1.59. The summed E-state index contributed by atoms with van der Waals surface area (Å²) in [4.78, 5) is 29.4. The van der Waals surface area contributed by atoms with Crippen molar-refractivity contribution in [2.24, 2.45) is 5.92 Å². The average molecular weight is 401 g/mol. The number of hydrogen-bond donors (Lipinski definition) is 1. The summed E-state index contributed by atoms with van der Waals surface area (Å²) in [5.41, 5.74) is 1.92. The SMILES string of the molecule is CCCN(CC(=O)Nc1ccccc1OC)C(=O)c1cc2c(s1)CCC(C)C2. The van der Waals surface area contributed by atoms with E-state index in [1.54, 1.807) is 35.5 Å². The summed E-state index contributed by atoms with van der Waals surface area (Å²) in [6, 6.07) is 9.31. The van der Waals surface area contributed by atoms with Crippen LogP contribution < -0.4 is 10.1 Å². The van der Waals surface area contributed by atoms with Crippen molar-refractivity contribution in [3.05, 3.63) is 45.6 Å². The zero-order valence-electron chi connectivity index (χ0n) is 16.8. The number of benzene rings is 1. The van der Waals surface area contributed by atoms with Crippen molar-refractivity contribution in [1.82, 2.24) is 4.90 Å². The summed E-state index contributed by atoms with van der Waals surface area (Å²) in [5, 5.41) is 2.86. The number of para-hydroxylation sites is 2. The van der Waals surface area contributed by atoms with E-state index in [1.165, 1.54) is 16.9 Å². The third-order valence-corrected chi connectivity index (χ3v) is 6.26. The molecule has 150 valence electrons. The molecule has 2 amide bonds. The molecule has 1 N–H and O–H groups in total. The molecule has 1 atom stereocenters. The topological polar surface area (TPSA) is 58.6 Å². The monoisotopic (exact) mass is 400 g/mol. The van der Waals surface area contributed by atoms with E-state index in [4.69, 9.17) is 4.74 Å². The van der Waals surface area contributed by atoms with Crippen LogP contribution in [0.5, 0.6) is 5.75 Å². The van der Waals surface area contributed by atoms with Crippen LogP contribution in [0.4, 0.5) is 5.69 Å². The minimum Gasteiger partial charge on any atom is -0.495 e. The molecule has 5 nitrogen and oxygen atoms in total. The van der Waals surface area contributed by atoms with Gasteiger partial charge in [0.2, 0.25) is 5.91 Å². The highest BCUT2D eigenvalue weighted by Gasteiger charge is 2.24. The number of rotatable bonds is 7. The maximum Gasteiger partial charge on any atom is 0.264 e. The van der Waals surface area contributed by atoms with Crippen molar-refractivity contribution in [2.45, 2.75) is 39.5 Å². The number of thiophene rings is 1. The zero-order chi connectivity index (χ0) is 20.1. The Labute approximate surface area is 170 Å². The molecule has 0 spiro atoms. The number of amides is 2. The van der Waals surface area contributed by atoms with Gasteiger partial charge in [0.15, 0.2) is 0 Å². The van der Waals surface area contributed by atoms with E-state index < -0.39 is 0 Å². The third-order valence-electron chi connectivity index (χ3n) is 5.04. The Hall–Kier alpha value is -2.34. The molecular weight excluding hydrogens is 372 g/mol. The largest absolute Gasteiger partial charge is 0.495 e. The fraction of sp³-hybridized carbons (Fsp3) is 0.455. The van der Waals surface area contributed by atoms with Crippen molar-refractivity contribution >= 4 is 28.8 Å². The van der Waals surface area contributed by atoms with Gasteiger partial charge < -0.3 is 15.0 Å². The second-order valence-corrected chi connectivity index (χ2v) is 8.52. The molecule has 1 aromatic carbocycles. The number of anilines is 1. The predicted molar refractivity (Wildman–Crippen MR) is 113 cm³/mol. The summed E-state index contributed by atoms with van der Waals surface area (Å²) in [7, 11) is 1.57. The first-order chi connectivity index (χ1) is 13.5. The van der Waals surface area contributed by atoms with Gasteiger partial charge in [-0.3, -0.25) is 9.59 Å². The Morgan fingerprint density at radius 3 is 2.86 bits per heavy atom. The van der Waals surface area contributed by atoms with Gasteiger partial charge in [-0.25, -0.2) is 0 Å². The molecule has 1 unspecified atom stereocenters. The van der Waals surface area contributed by atoms with Crippen molar-refractivity contribution in [1.29, 1.82) is 0 Å². The summed E-state index contributed by atoms with van der Waals surface area (Å²) in [6.07, 6.45) is 4.08. The smallest absolute Gasteiger partial charge is 0.264 e. The number of methoxy groups -OCH3 is 1. The van der Waals surface area contributed by atoms with Crippen molar-refractivity contribution < 1.29 is 14.3 Å². The van der Waals surface area contributed by atoms with Gasteiger partial charge >= 0.3 is 0 Å². The Balaban J connectivity index is 1.70. The molecule has 1 aliphatic rings. The number of hydrogen-bond acceptors (Lipinski definition) is 4. The Morgan fingerprint density at radius 1 is 1.32 bits per heavy atom. The highest BCUT2D eigenvalue weighted by molar-refractivity contribution is 7.14. The molecule has 1 aliphatic carbocycles. The number of nitrogens with zero attached hydrogens (tertiary/aromatic N) is 1. The van der Waals surface area contributed by atoms with Crippen LogP contribution in [-0.2, 0) is 17.6 Å². The van der Waals surface area contributed by atoms with Gasteiger partial charge in [0.05, 0.1) is 17.7 Å². The maximum atomic E-state index is 13.1. The third kappa shape index (κ3) is 4.73. The van der Waals surface area contributed by atoms with Crippen LogP contribution in [0.3, 0.4) is 0 Å². The molecule has 2 aromatic rings. The van der Waals surface area contributed by atoms with Crippen LogP contribution in [0.1, 0.15) is 46.8 Å². The van der Waals surface area contributed by atoms with Crippen LogP contribution in [0, 0.1) is 5.92 Å². The van der Waals surface area contributed by atoms with Crippen molar-refractivity contribution in [3.63, 3.8) is 0 Å². The molecule has 0 saturated carbocycles. The van der Waals surface area contributed by atoms with Gasteiger partial charge in [-0.2, -0.15) is 0 Å². The first-order valence-corrected chi connectivity index (χ1v) is 10.7. The van der Waals surface area contributed by atoms with E-state index >= 15 is 0 Å².